The van der Waals surface area contributed by atoms with Crippen LogP contribution in [0, 0.1) is 5.92 Å². The van der Waals surface area contributed by atoms with E-state index in [4.69, 9.17) is 10.7 Å². The van der Waals surface area contributed by atoms with Gasteiger partial charge in [0.2, 0.25) is 5.95 Å². The van der Waals surface area contributed by atoms with Crippen molar-refractivity contribution in [2.24, 2.45) is 5.92 Å². The summed E-state index contributed by atoms with van der Waals surface area (Å²) in [5, 5.41) is 0. The van der Waals surface area contributed by atoms with Crippen LogP contribution in [0.2, 0.25) is 0 Å². The van der Waals surface area contributed by atoms with Crippen molar-refractivity contribution >= 4 is 5.95 Å². The molecule has 3 aromatic rings. The molecule has 3 heterocycles. The lowest BCUT2D eigenvalue weighted by Crippen LogP contribution is -2.22. The number of imidazole rings is 1. The molecule has 29 heavy (non-hydrogen) atoms. The molecule has 1 aliphatic heterocycles. The number of hydrogen-bond donors (Lipinski definition) is 1. The second kappa shape index (κ2) is 8.33. The van der Waals surface area contributed by atoms with Crippen LogP contribution >= 0.6 is 0 Å². The highest BCUT2D eigenvalue weighted by molar-refractivity contribution is 5.77. The minimum atomic E-state index is 0.296. The molecule has 0 bridgehead atoms. The van der Waals surface area contributed by atoms with E-state index >= 15 is 0 Å². The number of benzene rings is 1. The molecule has 2 N–H and O–H groups in total. The van der Waals surface area contributed by atoms with Crippen molar-refractivity contribution in [3.63, 3.8) is 0 Å². The molecule has 6 nitrogen and oxygen atoms in total. The lowest BCUT2D eigenvalue weighted by atomic mass is 10.00. The molecule has 4 rings (SSSR count). The Morgan fingerprint density at radius 3 is 2.59 bits per heavy atom. The summed E-state index contributed by atoms with van der Waals surface area (Å²) in [7, 11) is 4.30. The summed E-state index contributed by atoms with van der Waals surface area (Å²) in [5.74, 6) is 2.12. The fourth-order valence-corrected chi connectivity index (χ4v) is 4.28. The number of nitrogen functional groups attached to an aromatic ring is 1. The molecule has 1 unspecified atom stereocenters. The van der Waals surface area contributed by atoms with Crippen LogP contribution in [0.15, 0.2) is 36.5 Å². The summed E-state index contributed by atoms with van der Waals surface area (Å²) in [5.41, 5.74) is 11.3. The van der Waals surface area contributed by atoms with Gasteiger partial charge >= 0.3 is 0 Å². The number of rotatable bonds is 5. The quantitative estimate of drug-likeness (QED) is 0.720. The summed E-state index contributed by atoms with van der Waals surface area (Å²) in [6, 6.07) is 10.6. The molecule has 152 valence electrons. The highest BCUT2D eigenvalue weighted by Gasteiger charge is 2.25. The zero-order valence-electron chi connectivity index (χ0n) is 17.6. The molecular formula is C23H30N6. The van der Waals surface area contributed by atoms with Gasteiger partial charge in [0.15, 0.2) is 0 Å². The molecule has 2 aromatic heterocycles. The average Bonchev–Trinajstić information content (AvgIpc) is 2.97. The Morgan fingerprint density at radius 2 is 1.90 bits per heavy atom. The fourth-order valence-electron chi connectivity index (χ4n) is 4.28. The largest absolute Gasteiger partial charge is 0.368 e. The van der Waals surface area contributed by atoms with E-state index in [1.807, 2.05) is 6.07 Å². The van der Waals surface area contributed by atoms with E-state index < -0.39 is 0 Å². The van der Waals surface area contributed by atoms with Crippen molar-refractivity contribution < 1.29 is 0 Å². The summed E-state index contributed by atoms with van der Waals surface area (Å²) in [6.45, 7) is 4.24. The number of anilines is 1. The molecule has 0 radical (unpaired) electrons. The van der Waals surface area contributed by atoms with Crippen LogP contribution in [0.4, 0.5) is 5.95 Å². The molecular weight excluding hydrogens is 360 g/mol. The molecule has 1 atom stereocenters. The SMILES string of the molecule is CCc1ccc(-c2nc3n(c2-c2ccnc(N)n2)CCC(CN(C)C)CC3)cc1. The van der Waals surface area contributed by atoms with Gasteiger partial charge in [-0.05, 0) is 50.9 Å². The van der Waals surface area contributed by atoms with Crippen molar-refractivity contribution in [1.82, 2.24) is 24.4 Å². The molecule has 6 heteroatoms. The Bertz CT molecular complexity index is 974. The number of aromatic nitrogens is 4. The first-order valence-electron chi connectivity index (χ1n) is 10.5. The van der Waals surface area contributed by atoms with Gasteiger partial charge in [-0.3, -0.25) is 0 Å². The predicted molar refractivity (Wildman–Crippen MR) is 117 cm³/mol. The van der Waals surface area contributed by atoms with Gasteiger partial charge in [-0.2, -0.15) is 0 Å². The topological polar surface area (TPSA) is 72.9 Å². The van der Waals surface area contributed by atoms with Gasteiger partial charge in [-0.25, -0.2) is 15.0 Å². The van der Waals surface area contributed by atoms with Crippen molar-refractivity contribution in [2.75, 3.05) is 26.4 Å². The first-order chi connectivity index (χ1) is 14.0. The normalized spacial score (nSPS) is 16.6. The van der Waals surface area contributed by atoms with Crippen molar-refractivity contribution in [3.8, 4) is 22.6 Å². The molecule has 0 saturated heterocycles. The van der Waals surface area contributed by atoms with E-state index in [1.165, 1.54) is 5.56 Å². The Labute approximate surface area is 172 Å². The first-order valence-corrected chi connectivity index (χ1v) is 10.5. The van der Waals surface area contributed by atoms with Crippen molar-refractivity contribution in [1.29, 1.82) is 0 Å². The Hall–Kier alpha value is -2.73. The van der Waals surface area contributed by atoms with E-state index in [9.17, 15) is 0 Å². The Morgan fingerprint density at radius 1 is 1.10 bits per heavy atom. The minimum absolute atomic E-state index is 0.296. The molecule has 1 aliphatic rings. The van der Waals surface area contributed by atoms with E-state index in [0.717, 1.165) is 67.2 Å². The maximum absolute atomic E-state index is 5.92. The third-order valence-corrected chi connectivity index (χ3v) is 5.76. The third-order valence-electron chi connectivity index (χ3n) is 5.76. The maximum Gasteiger partial charge on any atom is 0.220 e. The Kier molecular flexibility index (Phi) is 5.62. The van der Waals surface area contributed by atoms with Gasteiger partial charge in [0.05, 0.1) is 17.1 Å². The maximum atomic E-state index is 5.92. The van der Waals surface area contributed by atoms with Crippen LogP contribution < -0.4 is 5.73 Å². The lowest BCUT2D eigenvalue weighted by Gasteiger charge is -2.19. The highest BCUT2D eigenvalue weighted by atomic mass is 15.1. The van der Waals surface area contributed by atoms with Gasteiger partial charge in [0.1, 0.15) is 5.82 Å². The third kappa shape index (κ3) is 4.17. The molecule has 0 fully saturated rings. The summed E-state index contributed by atoms with van der Waals surface area (Å²) in [6.07, 6.45) is 6.05. The summed E-state index contributed by atoms with van der Waals surface area (Å²) in [4.78, 5) is 16.0. The number of fused-ring (bicyclic) bond motifs is 1. The number of nitrogens with zero attached hydrogens (tertiary/aromatic N) is 5. The molecule has 0 saturated carbocycles. The molecule has 0 aliphatic carbocycles. The van der Waals surface area contributed by atoms with Crippen LogP contribution in [0.1, 0.15) is 31.2 Å². The van der Waals surface area contributed by atoms with E-state index in [0.29, 0.717) is 11.9 Å². The summed E-state index contributed by atoms with van der Waals surface area (Å²) >= 11 is 0. The van der Waals surface area contributed by atoms with Gasteiger partial charge in [0.25, 0.3) is 0 Å². The zero-order valence-corrected chi connectivity index (χ0v) is 17.6. The smallest absolute Gasteiger partial charge is 0.220 e. The van der Waals surface area contributed by atoms with Crippen LogP contribution in [0.3, 0.4) is 0 Å². The second-order valence-electron chi connectivity index (χ2n) is 8.18. The summed E-state index contributed by atoms with van der Waals surface area (Å²) < 4.78 is 2.36. The molecule has 0 spiro atoms. The van der Waals surface area contributed by atoms with Gasteiger partial charge in [-0.1, -0.05) is 31.2 Å². The lowest BCUT2D eigenvalue weighted by molar-refractivity contribution is 0.299. The predicted octanol–water partition coefficient (Wildman–Crippen LogP) is 3.67. The standard InChI is InChI=1S/C23H30N6/c1-4-16-5-8-18(9-6-16)21-22(19-11-13-25-23(24)26-19)29-14-12-17(15-28(2)3)7-10-20(29)27-21/h5-6,8-9,11,13,17H,4,7,10,12,14-15H2,1-3H3,(H2,24,25,26). The molecule has 1 aromatic carbocycles. The van der Waals surface area contributed by atoms with E-state index in [-0.39, 0.29) is 0 Å². The van der Waals surface area contributed by atoms with Crippen LogP contribution in [0.25, 0.3) is 22.6 Å². The molecule has 0 amide bonds. The highest BCUT2D eigenvalue weighted by Crippen LogP contribution is 2.35. The second-order valence-corrected chi connectivity index (χ2v) is 8.18. The van der Waals surface area contributed by atoms with Crippen molar-refractivity contribution in [3.05, 3.63) is 47.9 Å². The van der Waals surface area contributed by atoms with Gasteiger partial charge < -0.3 is 15.2 Å². The zero-order chi connectivity index (χ0) is 20.4. The van der Waals surface area contributed by atoms with Gasteiger partial charge in [0, 0.05) is 31.3 Å². The van der Waals surface area contributed by atoms with Crippen LogP contribution in [-0.2, 0) is 19.4 Å². The van der Waals surface area contributed by atoms with E-state index in [1.54, 1.807) is 6.20 Å². The van der Waals surface area contributed by atoms with Crippen LogP contribution in [-0.4, -0.2) is 45.1 Å². The van der Waals surface area contributed by atoms with Crippen LogP contribution in [0.5, 0.6) is 0 Å². The average molecular weight is 391 g/mol. The number of nitrogens with two attached hydrogens (primary N) is 1. The van der Waals surface area contributed by atoms with E-state index in [2.05, 4.69) is 64.7 Å². The monoisotopic (exact) mass is 390 g/mol. The number of aryl methyl sites for hydroxylation is 2. The first kappa shape index (κ1) is 19.6. The van der Waals surface area contributed by atoms with Crippen molar-refractivity contribution in [2.45, 2.75) is 39.2 Å². The number of hydrogen-bond acceptors (Lipinski definition) is 5. The van der Waals surface area contributed by atoms with Gasteiger partial charge in [-0.15, -0.1) is 0 Å². The Balaban J connectivity index is 1.78. The minimum Gasteiger partial charge on any atom is -0.368 e. The fraction of sp³-hybridized carbons (Fsp3) is 0.435.